The van der Waals surface area contributed by atoms with Crippen LogP contribution in [0.4, 0.5) is 0 Å². The lowest BCUT2D eigenvalue weighted by atomic mass is 9.96. The van der Waals surface area contributed by atoms with E-state index in [9.17, 15) is 0 Å². The first-order chi connectivity index (χ1) is 12.1. The molecule has 3 nitrogen and oxygen atoms in total. The fraction of sp³-hybridized carbons (Fsp3) is 0.500. The first kappa shape index (κ1) is 17.9. The van der Waals surface area contributed by atoms with Crippen molar-refractivity contribution < 1.29 is 4.74 Å². The molecule has 1 aliphatic rings. The lowest BCUT2D eigenvalue weighted by molar-refractivity contribution is 0.123. The van der Waals surface area contributed by atoms with Crippen molar-refractivity contribution in [1.29, 1.82) is 0 Å². The van der Waals surface area contributed by atoms with Crippen molar-refractivity contribution in [2.45, 2.75) is 52.0 Å². The Hall–Kier alpha value is -1.87. The largest absolute Gasteiger partial charge is 0.492 e. The Morgan fingerprint density at radius 3 is 2.88 bits per heavy atom. The molecule has 3 heteroatoms. The van der Waals surface area contributed by atoms with Gasteiger partial charge in [0.2, 0.25) is 0 Å². The summed E-state index contributed by atoms with van der Waals surface area (Å²) in [5.74, 6) is 1.56. The van der Waals surface area contributed by atoms with Gasteiger partial charge in [0.05, 0.1) is 0 Å². The number of ether oxygens (including phenoxy) is 1. The third kappa shape index (κ3) is 4.60. The van der Waals surface area contributed by atoms with E-state index in [-0.39, 0.29) is 0 Å². The number of piperidine rings is 1. The van der Waals surface area contributed by atoms with Gasteiger partial charge in [0.1, 0.15) is 12.4 Å². The maximum absolute atomic E-state index is 6.16. The molecular weight excluding hydrogens is 308 g/mol. The van der Waals surface area contributed by atoms with Crippen LogP contribution in [-0.4, -0.2) is 29.6 Å². The highest BCUT2D eigenvalue weighted by atomic mass is 16.5. The van der Waals surface area contributed by atoms with Gasteiger partial charge in [-0.1, -0.05) is 38.5 Å². The molecule has 0 saturated carbocycles. The first-order valence-electron chi connectivity index (χ1n) is 9.52. The Morgan fingerprint density at radius 2 is 2.12 bits per heavy atom. The Morgan fingerprint density at radius 1 is 1.24 bits per heavy atom. The van der Waals surface area contributed by atoms with Crippen LogP contribution in [0.1, 0.15) is 61.8 Å². The van der Waals surface area contributed by atoms with Gasteiger partial charge in [0, 0.05) is 25.0 Å². The van der Waals surface area contributed by atoms with Crippen LogP contribution in [0.5, 0.6) is 5.75 Å². The molecule has 2 aromatic rings. The molecule has 1 atom stereocenters. The lowest BCUT2D eigenvalue weighted by Gasteiger charge is -2.35. The zero-order valence-electron chi connectivity index (χ0n) is 15.7. The summed E-state index contributed by atoms with van der Waals surface area (Å²) in [7, 11) is 0. The second-order valence-corrected chi connectivity index (χ2v) is 7.36. The van der Waals surface area contributed by atoms with E-state index in [1.54, 1.807) is 0 Å². The predicted molar refractivity (Wildman–Crippen MR) is 103 cm³/mol. The molecule has 2 heterocycles. The van der Waals surface area contributed by atoms with Gasteiger partial charge < -0.3 is 4.74 Å². The molecule has 0 bridgehead atoms. The molecule has 1 fully saturated rings. The molecule has 1 aromatic carbocycles. The van der Waals surface area contributed by atoms with Crippen LogP contribution in [0.25, 0.3) is 0 Å². The zero-order valence-corrected chi connectivity index (χ0v) is 15.7. The van der Waals surface area contributed by atoms with Crippen LogP contribution in [-0.2, 0) is 0 Å². The van der Waals surface area contributed by atoms with Gasteiger partial charge >= 0.3 is 0 Å². The fourth-order valence-corrected chi connectivity index (χ4v) is 3.61. The van der Waals surface area contributed by atoms with Crippen molar-refractivity contribution in [1.82, 2.24) is 9.88 Å². The van der Waals surface area contributed by atoms with Crippen LogP contribution in [0.15, 0.2) is 42.7 Å². The molecule has 25 heavy (non-hydrogen) atoms. The van der Waals surface area contributed by atoms with Crippen molar-refractivity contribution in [2.75, 3.05) is 19.7 Å². The van der Waals surface area contributed by atoms with E-state index in [0.717, 1.165) is 25.4 Å². The van der Waals surface area contributed by atoms with Crippen molar-refractivity contribution in [3.8, 4) is 5.75 Å². The first-order valence-corrected chi connectivity index (χ1v) is 9.52. The maximum Gasteiger partial charge on any atom is 0.122 e. The van der Waals surface area contributed by atoms with E-state index in [1.807, 2.05) is 18.5 Å². The number of aryl methyl sites for hydroxylation is 1. The van der Waals surface area contributed by atoms with Gasteiger partial charge in [-0.3, -0.25) is 9.88 Å². The van der Waals surface area contributed by atoms with Crippen LogP contribution in [0, 0.1) is 6.92 Å². The molecule has 0 unspecified atom stereocenters. The van der Waals surface area contributed by atoms with Gasteiger partial charge in [-0.25, -0.2) is 0 Å². The van der Waals surface area contributed by atoms with Crippen molar-refractivity contribution in [2.24, 2.45) is 0 Å². The smallest absolute Gasteiger partial charge is 0.122 e. The fourth-order valence-electron chi connectivity index (χ4n) is 3.61. The average Bonchev–Trinajstić information content (AvgIpc) is 2.64. The topological polar surface area (TPSA) is 25.4 Å². The molecule has 0 spiro atoms. The highest BCUT2D eigenvalue weighted by molar-refractivity contribution is 5.37. The maximum atomic E-state index is 6.16. The van der Waals surface area contributed by atoms with E-state index in [4.69, 9.17) is 4.74 Å². The van der Waals surface area contributed by atoms with Crippen LogP contribution in [0.2, 0.25) is 0 Å². The number of pyridine rings is 1. The van der Waals surface area contributed by atoms with Crippen LogP contribution in [0.3, 0.4) is 0 Å². The summed E-state index contributed by atoms with van der Waals surface area (Å²) in [6.07, 6.45) is 7.66. The van der Waals surface area contributed by atoms with Crippen LogP contribution < -0.4 is 4.74 Å². The predicted octanol–water partition coefficient (Wildman–Crippen LogP) is 5.12. The summed E-state index contributed by atoms with van der Waals surface area (Å²) in [4.78, 5) is 6.86. The van der Waals surface area contributed by atoms with Gasteiger partial charge in [-0.05, 0) is 61.1 Å². The van der Waals surface area contributed by atoms with Crippen molar-refractivity contribution in [3.63, 3.8) is 0 Å². The normalized spacial score (nSPS) is 18.5. The highest BCUT2D eigenvalue weighted by Crippen LogP contribution is 2.30. The number of likely N-dealkylation sites (tertiary alicyclic amines) is 1. The number of benzene rings is 1. The summed E-state index contributed by atoms with van der Waals surface area (Å²) >= 11 is 0. The number of aromatic nitrogens is 1. The molecule has 1 aliphatic heterocycles. The van der Waals surface area contributed by atoms with E-state index >= 15 is 0 Å². The van der Waals surface area contributed by atoms with Crippen LogP contribution >= 0.6 is 0 Å². The second kappa shape index (κ2) is 8.48. The Kier molecular flexibility index (Phi) is 6.09. The minimum absolute atomic E-state index is 0.481. The molecule has 1 aromatic heterocycles. The van der Waals surface area contributed by atoms with E-state index in [2.05, 4.69) is 54.9 Å². The summed E-state index contributed by atoms with van der Waals surface area (Å²) < 4.78 is 6.16. The molecule has 134 valence electrons. The zero-order chi connectivity index (χ0) is 17.6. The van der Waals surface area contributed by atoms with Crippen molar-refractivity contribution >= 4 is 0 Å². The SMILES string of the molecule is Cc1ccc(C(C)C)cc1OCCN1CCCC[C@H]1c1cccnc1. The summed E-state index contributed by atoms with van der Waals surface area (Å²) in [5.41, 5.74) is 3.89. The molecular formula is C22H30N2O. The second-order valence-electron chi connectivity index (χ2n) is 7.36. The van der Waals surface area contributed by atoms with Gasteiger partial charge in [0.15, 0.2) is 0 Å². The van der Waals surface area contributed by atoms with E-state index in [0.29, 0.717) is 12.0 Å². The third-order valence-electron chi connectivity index (χ3n) is 5.20. The number of hydrogen-bond acceptors (Lipinski definition) is 3. The average molecular weight is 338 g/mol. The third-order valence-corrected chi connectivity index (χ3v) is 5.20. The Labute approximate surface area is 152 Å². The number of nitrogens with zero attached hydrogens (tertiary/aromatic N) is 2. The molecule has 0 aliphatic carbocycles. The molecule has 3 rings (SSSR count). The Bertz CT molecular complexity index is 669. The molecule has 1 saturated heterocycles. The number of rotatable bonds is 6. The van der Waals surface area contributed by atoms with Crippen molar-refractivity contribution in [3.05, 3.63) is 59.4 Å². The number of hydrogen-bond donors (Lipinski definition) is 0. The minimum atomic E-state index is 0.481. The van der Waals surface area contributed by atoms with Gasteiger partial charge in [-0.15, -0.1) is 0 Å². The Balaban J connectivity index is 1.61. The van der Waals surface area contributed by atoms with Gasteiger partial charge in [-0.2, -0.15) is 0 Å². The standard InChI is InChI=1S/C22H30N2O/c1-17(2)19-10-9-18(3)22(15-19)25-14-13-24-12-5-4-8-21(24)20-7-6-11-23-16-20/h6-7,9-11,15-17,21H,4-5,8,12-14H2,1-3H3/t21-/m0/s1. The molecule has 0 N–H and O–H groups in total. The minimum Gasteiger partial charge on any atom is -0.492 e. The molecule has 0 amide bonds. The van der Waals surface area contributed by atoms with E-state index < -0.39 is 0 Å². The summed E-state index contributed by atoms with van der Waals surface area (Å²) in [5, 5.41) is 0. The summed E-state index contributed by atoms with van der Waals surface area (Å²) in [6, 6.07) is 11.3. The lowest BCUT2D eigenvalue weighted by Crippen LogP contribution is -2.36. The quantitative estimate of drug-likeness (QED) is 0.731. The monoisotopic (exact) mass is 338 g/mol. The van der Waals surface area contributed by atoms with E-state index in [1.165, 1.54) is 36.0 Å². The molecule has 0 radical (unpaired) electrons. The highest BCUT2D eigenvalue weighted by Gasteiger charge is 2.23. The van der Waals surface area contributed by atoms with Gasteiger partial charge in [0.25, 0.3) is 0 Å². The summed E-state index contributed by atoms with van der Waals surface area (Å²) in [6.45, 7) is 9.41.